The molecule has 0 fully saturated rings. The minimum Gasteiger partial charge on any atom is -0.491 e. The van der Waals surface area contributed by atoms with Crippen molar-refractivity contribution in [1.29, 1.82) is 0 Å². The monoisotopic (exact) mass is 375 g/mol. The van der Waals surface area contributed by atoms with Gasteiger partial charge in [-0.25, -0.2) is 0 Å². The van der Waals surface area contributed by atoms with Gasteiger partial charge >= 0.3 is 0 Å². The van der Waals surface area contributed by atoms with Crippen LogP contribution in [-0.2, 0) is 4.74 Å². The number of rotatable bonds is 9. The third-order valence-corrected chi connectivity index (χ3v) is 4.18. The second kappa shape index (κ2) is 9.74. The molecule has 4 heteroatoms. The Balaban J connectivity index is 1.75. The number of nitrogens with zero attached hydrogens (tertiary/aromatic N) is 1. The summed E-state index contributed by atoms with van der Waals surface area (Å²) in [5.74, 6) is 0.744. The summed E-state index contributed by atoms with van der Waals surface area (Å²) in [7, 11) is 0. The lowest BCUT2D eigenvalue weighted by atomic mass is 10.2. The maximum Gasteiger partial charge on any atom is 0.174 e. The molecule has 0 amide bonds. The van der Waals surface area contributed by atoms with Crippen molar-refractivity contribution in [2.45, 2.75) is 19.3 Å². The van der Waals surface area contributed by atoms with Gasteiger partial charge in [-0.3, -0.25) is 0 Å². The molecule has 0 aliphatic rings. The van der Waals surface area contributed by atoms with E-state index in [0.29, 0.717) is 6.61 Å². The third kappa shape index (κ3) is 5.22. The van der Waals surface area contributed by atoms with Crippen molar-refractivity contribution in [3.63, 3.8) is 0 Å². The lowest BCUT2D eigenvalue weighted by Crippen LogP contribution is -2.23. The molecule has 28 heavy (non-hydrogen) atoms. The van der Waals surface area contributed by atoms with Crippen molar-refractivity contribution in [2.24, 2.45) is 0 Å². The molecule has 2 unspecified atom stereocenters. The lowest BCUT2D eigenvalue weighted by molar-refractivity contribution is -0.108. The first kappa shape index (κ1) is 19.7. The Kier molecular flexibility index (Phi) is 6.84. The molecular weight excluding hydrogens is 350 g/mol. The van der Waals surface area contributed by atoms with Gasteiger partial charge in [-0.05, 0) is 61.5 Å². The van der Waals surface area contributed by atoms with Crippen molar-refractivity contribution < 1.29 is 14.6 Å². The number of ether oxygens (including phenoxy) is 2. The lowest BCUT2D eigenvalue weighted by Gasteiger charge is -2.25. The number of hydrogen-bond donors (Lipinski definition) is 1. The molecule has 144 valence electrons. The van der Waals surface area contributed by atoms with Crippen molar-refractivity contribution in [3.8, 4) is 5.75 Å². The Bertz CT molecular complexity index is 811. The molecule has 2 atom stereocenters. The van der Waals surface area contributed by atoms with Crippen LogP contribution in [0, 0.1) is 0 Å². The molecule has 0 heterocycles. The van der Waals surface area contributed by atoms with Crippen LogP contribution in [0.1, 0.15) is 6.92 Å². The van der Waals surface area contributed by atoms with E-state index in [2.05, 4.69) is 35.7 Å². The molecule has 4 nitrogen and oxygen atoms in total. The molecule has 3 aromatic carbocycles. The van der Waals surface area contributed by atoms with E-state index in [0.717, 1.165) is 22.8 Å². The van der Waals surface area contributed by atoms with Gasteiger partial charge in [0, 0.05) is 17.1 Å². The van der Waals surface area contributed by atoms with E-state index in [4.69, 9.17) is 9.47 Å². The molecule has 3 aromatic rings. The summed E-state index contributed by atoms with van der Waals surface area (Å²) in [6, 6.07) is 28.4. The molecule has 0 aliphatic carbocycles. The Hall–Kier alpha value is -3.08. The van der Waals surface area contributed by atoms with Gasteiger partial charge in [-0.2, -0.15) is 0 Å². The maximum atomic E-state index is 9.44. The standard InChI is InChI=1S/C24H25NO3/c1-3-24(26)28-19(2)18-27-23-16-14-22(15-17-23)25(20-10-6-4-7-11-20)21-12-8-5-9-13-21/h3-17,19,24,26H,1,18H2,2H3. The summed E-state index contributed by atoms with van der Waals surface area (Å²) in [6.07, 6.45) is 0.108. The van der Waals surface area contributed by atoms with Crippen molar-refractivity contribution in [1.82, 2.24) is 0 Å². The summed E-state index contributed by atoms with van der Waals surface area (Å²) >= 11 is 0. The van der Waals surface area contributed by atoms with Crippen molar-refractivity contribution in [3.05, 3.63) is 97.6 Å². The molecule has 0 saturated carbocycles. The van der Waals surface area contributed by atoms with E-state index in [9.17, 15) is 5.11 Å². The van der Waals surface area contributed by atoms with Crippen LogP contribution in [0.25, 0.3) is 0 Å². The first-order valence-corrected chi connectivity index (χ1v) is 9.26. The highest BCUT2D eigenvalue weighted by Crippen LogP contribution is 2.34. The zero-order chi connectivity index (χ0) is 19.8. The fraction of sp³-hybridized carbons (Fsp3) is 0.167. The molecule has 0 spiro atoms. The summed E-state index contributed by atoms with van der Waals surface area (Å²) in [4.78, 5) is 2.19. The van der Waals surface area contributed by atoms with E-state index in [1.807, 2.05) is 67.6 Å². The van der Waals surface area contributed by atoms with Gasteiger partial charge in [0.2, 0.25) is 0 Å². The van der Waals surface area contributed by atoms with E-state index in [-0.39, 0.29) is 6.10 Å². The molecule has 3 rings (SSSR count). The van der Waals surface area contributed by atoms with Gasteiger partial charge in [0.05, 0.1) is 6.10 Å². The van der Waals surface area contributed by atoms with Crippen LogP contribution >= 0.6 is 0 Å². The first-order valence-electron chi connectivity index (χ1n) is 9.26. The van der Waals surface area contributed by atoms with E-state index in [1.165, 1.54) is 6.08 Å². The molecule has 0 bridgehead atoms. The van der Waals surface area contributed by atoms with Gasteiger partial charge in [0.15, 0.2) is 6.29 Å². The number of benzene rings is 3. The second-order valence-corrected chi connectivity index (χ2v) is 6.38. The third-order valence-electron chi connectivity index (χ3n) is 4.18. The Morgan fingerprint density at radius 2 is 1.36 bits per heavy atom. The summed E-state index contributed by atoms with van der Waals surface area (Å²) in [5.41, 5.74) is 3.21. The van der Waals surface area contributed by atoms with Crippen LogP contribution < -0.4 is 9.64 Å². The number of para-hydroxylation sites is 2. The highest BCUT2D eigenvalue weighted by Gasteiger charge is 2.12. The minimum absolute atomic E-state index is 0.252. The summed E-state index contributed by atoms with van der Waals surface area (Å²) in [6.45, 7) is 5.67. The predicted molar refractivity (Wildman–Crippen MR) is 113 cm³/mol. The van der Waals surface area contributed by atoms with Crippen LogP contribution in [0.4, 0.5) is 17.1 Å². The van der Waals surface area contributed by atoms with Gasteiger partial charge in [0.1, 0.15) is 12.4 Å². The number of aliphatic hydroxyl groups excluding tert-OH is 1. The highest BCUT2D eigenvalue weighted by molar-refractivity contribution is 5.76. The van der Waals surface area contributed by atoms with E-state index >= 15 is 0 Å². The van der Waals surface area contributed by atoms with E-state index < -0.39 is 6.29 Å². The van der Waals surface area contributed by atoms with Crippen LogP contribution in [-0.4, -0.2) is 24.1 Å². The summed E-state index contributed by atoms with van der Waals surface area (Å²) < 4.78 is 11.1. The van der Waals surface area contributed by atoms with Crippen LogP contribution in [0.3, 0.4) is 0 Å². The Morgan fingerprint density at radius 1 is 0.857 bits per heavy atom. The highest BCUT2D eigenvalue weighted by atomic mass is 16.6. The number of aliphatic hydroxyl groups is 1. The predicted octanol–water partition coefficient (Wildman–Crippen LogP) is 5.44. The molecule has 0 radical (unpaired) electrons. The number of anilines is 3. The van der Waals surface area contributed by atoms with E-state index in [1.54, 1.807) is 0 Å². The minimum atomic E-state index is -0.980. The average molecular weight is 375 g/mol. The Morgan fingerprint density at radius 3 is 1.86 bits per heavy atom. The van der Waals surface area contributed by atoms with Crippen molar-refractivity contribution in [2.75, 3.05) is 11.5 Å². The van der Waals surface area contributed by atoms with Crippen LogP contribution in [0.15, 0.2) is 97.6 Å². The normalized spacial score (nSPS) is 12.8. The molecule has 1 N–H and O–H groups in total. The molecular formula is C24H25NO3. The fourth-order valence-corrected chi connectivity index (χ4v) is 2.84. The van der Waals surface area contributed by atoms with Crippen LogP contribution in [0.2, 0.25) is 0 Å². The van der Waals surface area contributed by atoms with Crippen molar-refractivity contribution >= 4 is 17.1 Å². The van der Waals surface area contributed by atoms with Gasteiger partial charge < -0.3 is 19.5 Å². The average Bonchev–Trinajstić information content (AvgIpc) is 2.75. The molecule has 0 aliphatic heterocycles. The topological polar surface area (TPSA) is 41.9 Å². The quantitative estimate of drug-likeness (QED) is 0.399. The maximum absolute atomic E-state index is 9.44. The largest absolute Gasteiger partial charge is 0.491 e. The smallest absolute Gasteiger partial charge is 0.174 e. The SMILES string of the molecule is C=CC(O)OC(C)COc1ccc(N(c2ccccc2)c2ccccc2)cc1. The first-order chi connectivity index (χ1) is 13.7. The summed E-state index contributed by atoms with van der Waals surface area (Å²) in [5, 5.41) is 9.44. The Labute approximate surface area is 166 Å². The molecule has 0 aromatic heterocycles. The fourth-order valence-electron chi connectivity index (χ4n) is 2.84. The zero-order valence-corrected chi connectivity index (χ0v) is 15.9. The number of hydrogen-bond acceptors (Lipinski definition) is 4. The van der Waals surface area contributed by atoms with Gasteiger partial charge in [-0.15, -0.1) is 0 Å². The molecule has 0 saturated heterocycles. The second-order valence-electron chi connectivity index (χ2n) is 6.38. The van der Waals surface area contributed by atoms with Crippen LogP contribution in [0.5, 0.6) is 5.75 Å². The van der Waals surface area contributed by atoms with Gasteiger partial charge in [0.25, 0.3) is 0 Å². The zero-order valence-electron chi connectivity index (χ0n) is 15.9. The van der Waals surface area contributed by atoms with Gasteiger partial charge in [-0.1, -0.05) is 43.0 Å².